The van der Waals surface area contributed by atoms with E-state index in [-0.39, 0.29) is 24.1 Å². The normalized spacial score (nSPS) is 16.5. The highest BCUT2D eigenvalue weighted by atomic mass is 35.5. The molecule has 0 fully saturated rings. The van der Waals surface area contributed by atoms with Gasteiger partial charge in [-0.15, -0.1) is 0 Å². The van der Waals surface area contributed by atoms with E-state index in [2.05, 4.69) is 10.3 Å². The van der Waals surface area contributed by atoms with Crippen LogP contribution >= 0.6 is 11.6 Å². The van der Waals surface area contributed by atoms with Gasteiger partial charge in [0.25, 0.3) is 5.91 Å². The van der Waals surface area contributed by atoms with Gasteiger partial charge >= 0.3 is 11.5 Å². The van der Waals surface area contributed by atoms with E-state index in [1.165, 1.54) is 0 Å². The van der Waals surface area contributed by atoms with E-state index in [1.807, 2.05) is 42.7 Å². The first kappa shape index (κ1) is 18.4. The molecule has 1 aromatic heterocycles. The molecule has 0 saturated heterocycles. The maximum absolute atomic E-state index is 13.0. The van der Waals surface area contributed by atoms with Gasteiger partial charge in [0.2, 0.25) is 0 Å². The Morgan fingerprint density at radius 2 is 2.04 bits per heavy atom. The number of nitrogens with zero attached hydrogens (tertiary/aromatic N) is 3. The molecule has 2 aromatic rings. The number of halogens is 1. The molecule has 1 unspecified atom stereocenters. The summed E-state index contributed by atoms with van der Waals surface area (Å²) in [6.45, 7) is 3.88. The number of carbonyl (C=O) groups is 1. The zero-order chi connectivity index (χ0) is 19.8. The van der Waals surface area contributed by atoms with Gasteiger partial charge in [-0.05, 0) is 49.8 Å². The van der Waals surface area contributed by atoms with Crippen LogP contribution in [0.4, 0.5) is 11.6 Å². The Hall–Kier alpha value is -2.99. The van der Waals surface area contributed by atoms with Gasteiger partial charge in [-0.25, -0.2) is 4.57 Å². The lowest BCUT2D eigenvalue weighted by Gasteiger charge is -2.14. The SMILES string of the molecule is CCc1c(C)[n+](CC(=O)Nc2ccc(Cl)cc2)c2n(c1=O)C1C=CC=CC1=N2. The van der Waals surface area contributed by atoms with Crippen LogP contribution in [0.25, 0.3) is 0 Å². The van der Waals surface area contributed by atoms with Gasteiger partial charge in [0.15, 0.2) is 18.3 Å². The molecule has 1 aromatic carbocycles. The number of benzene rings is 1. The molecule has 6 nitrogen and oxygen atoms in total. The number of nitrogens with one attached hydrogen (secondary N) is 1. The largest absolute Gasteiger partial charge is 0.403 e. The van der Waals surface area contributed by atoms with Crippen molar-refractivity contribution < 1.29 is 9.36 Å². The molecule has 28 heavy (non-hydrogen) atoms. The number of anilines is 1. The number of rotatable bonds is 4. The Morgan fingerprint density at radius 3 is 2.75 bits per heavy atom. The minimum absolute atomic E-state index is 0.0481. The molecule has 1 atom stereocenters. The molecule has 2 aliphatic rings. The fourth-order valence-electron chi connectivity index (χ4n) is 3.63. The zero-order valence-electron chi connectivity index (χ0n) is 15.6. The van der Waals surface area contributed by atoms with Crippen LogP contribution in [0, 0.1) is 6.92 Å². The lowest BCUT2D eigenvalue weighted by Crippen LogP contribution is -2.49. The highest BCUT2D eigenvalue weighted by molar-refractivity contribution is 6.30. The van der Waals surface area contributed by atoms with E-state index in [4.69, 9.17) is 11.6 Å². The van der Waals surface area contributed by atoms with Gasteiger partial charge in [0.1, 0.15) is 0 Å². The van der Waals surface area contributed by atoms with Gasteiger partial charge in [0, 0.05) is 10.7 Å². The van der Waals surface area contributed by atoms with E-state index in [9.17, 15) is 9.59 Å². The van der Waals surface area contributed by atoms with Crippen LogP contribution in [-0.2, 0) is 17.8 Å². The van der Waals surface area contributed by atoms with Gasteiger partial charge < -0.3 is 5.32 Å². The molecule has 4 rings (SSSR count). The fraction of sp³-hybridized carbons (Fsp3) is 0.238. The highest BCUT2D eigenvalue weighted by Gasteiger charge is 2.38. The molecule has 2 heterocycles. The van der Waals surface area contributed by atoms with E-state index >= 15 is 0 Å². The Morgan fingerprint density at radius 1 is 1.29 bits per heavy atom. The third-order valence-corrected chi connectivity index (χ3v) is 5.29. The Labute approximate surface area is 167 Å². The van der Waals surface area contributed by atoms with Crippen LogP contribution in [0.5, 0.6) is 0 Å². The number of fused-ring (bicyclic) bond motifs is 3. The number of aromatic nitrogens is 2. The van der Waals surface area contributed by atoms with Crippen molar-refractivity contribution in [1.29, 1.82) is 0 Å². The summed E-state index contributed by atoms with van der Waals surface area (Å²) in [6.07, 6.45) is 8.25. The van der Waals surface area contributed by atoms with E-state index < -0.39 is 0 Å². The molecule has 142 valence electrons. The molecular formula is C21H20ClN4O2+. The predicted molar refractivity (Wildman–Crippen MR) is 110 cm³/mol. The van der Waals surface area contributed by atoms with Crippen LogP contribution in [0.15, 0.2) is 58.4 Å². The maximum atomic E-state index is 13.0. The van der Waals surface area contributed by atoms with Crippen LogP contribution in [0.1, 0.15) is 24.2 Å². The van der Waals surface area contributed by atoms with Gasteiger partial charge in [-0.1, -0.05) is 35.7 Å². The van der Waals surface area contributed by atoms with Crippen LogP contribution in [0.2, 0.25) is 5.02 Å². The monoisotopic (exact) mass is 395 g/mol. The molecule has 1 aliphatic heterocycles. The van der Waals surface area contributed by atoms with Crippen molar-refractivity contribution in [3.05, 3.63) is 75.2 Å². The van der Waals surface area contributed by atoms with E-state index in [0.29, 0.717) is 28.6 Å². The van der Waals surface area contributed by atoms with E-state index in [0.717, 1.165) is 11.4 Å². The molecule has 7 heteroatoms. The summed E-state index contributed by atoms with van der Waals surface area (Å²) in [4.78, 5) is 30.4. The van der Waals surface area contributed by atoms with Crippen molar-refractivity contribution >= 4 is 34.9 Å². The Kier molecular flexibility index (Phi) is 4.73. The summed E-state index contributed by atoms with van der Waals surface area (Å²) in [7, 11) is 0. The van der Waals surface area contributed by atoms with Crippen molar-refractivity contribution in [1.82, 2.24) is 4.57 Å². The Bertz CT molecular complexity index is 1110. The highest BCUT2D eigenvalue weighted by Crippen LogP contribution is 2.27. The minimum atomic E-state index is -0.219. The second-order valence-corrected chi connectivity index (χ2v) is 7.20. The van der Waals surface area contributed by atoms with Crippen molar-refractivity contribution in [3.63, 3.8) is 0 Å². The Balaban J connectivity index is 1.74. The molecule has 1 N–H and O–H groups in total. The number of hydrogen-bond acceptors (Lipinski definition) is 3. The molecule has 0 radical (unpaired) electrons. The first-order valence-corrected chi connectivity index (χ1v) is 9.54. The van der Waals surface area contributed by atoms with Crippen molar-refractivity contribution in [3.8, 4) is 0 Å². The number of allylic oxidation sites excluding steroid dienone is 4. The van der Waals surface area contributed by atoms with Gasteiger partial charge in [-0.2, -0.15) is 4.57 Å². The van der Waals surface area contributed by atoms with Crippen LogP contribution in [-0.4, -0.2) is 16.2 Å². The first-order valence-electron chi connectivity index (χ1n) is 9.16. The molecule has 0 spiro atoms. The van der Waals surface area contributed by atoms with Gasteiger partial charge in [0.05, 0.1) is 11.3 Å². The molecular weight excluding hydrogens is 376 g/mol. The fourth-order valence-corrected chi connectivity index (χ4v) is 3.76. The third kappa shape index (κ3) is 3.10. The number of carbonyl (C=O) groups excluding carboxylic acids is 1. The summed E-state index contributed by atoms with van der Waals surface area (Å²) in [5.74, 6) is 0.308. The lowest BCUT2D eigenvalue weighted by molar-refractivity contribution is -0.681. The van der Waals surface area contributed by atoms with Crippen LogP contribution in [0.3, 0.4) is 0 Å². The number of hydrogen-bond donors (Lipinski definition) is 1. The molecule has 1 aliphatic carbocycles. The summed E-state index contributed by atoms with van der Waals surface area (Å²) in [5.41, 5.74) is 2.88. The van der Waals surface area contributed by atoms with E-state index in [1.54, 1.807) is 28.8 Å². The van der Waals surface area contributed by atoms with Crippen LogP contribution < -0.4 is 15.4 Å². The zero-order valence-corrected chi connectivity index (χ0v) is 16.4. The number of amides is 1. The summed E-state index contributed by atoms with van der Waals surface area (Å²) >= 11 is 5.90. The smallest absolute Gasteiger partial charge is 0.323 e. The van der Waals surface area contributed by atoms with Gasteiger partial charge in [-0.3, -0.25) is 9.59 Å². The average Bonchev–Trinajstić information content (AvgIpc) is 3.07. The maximum Gasteiger partial charge on any atom is 0.403 e. The predicted octanol–water partition coefficient (Wildman–Crippen LogP) is 3.05. The quantitative estimate of drug-likeness (QED) is 0.808. The standard InChI is InChI=1S/C21H19ClN4O2/c1-3-16-13(2)25(12-19(27)23-15-10-8-14(22)9-11-15)21-24-17-6-4-5-7-18(17)26(21)20(16)28/h4-11,18H,3,12H2,1-2H3/p+1. The molecule has 1 amide bonds. The number of aliphatic imine (C=N–C) groups is 1. The lowest BCUT2D eigenvalue weighted by atomic mass is 10.1. The summed E-state index contributed by atoms with van der Waals surface area (Å²) < 4.78 is 3.50. The first-order chi connectivity index (χ1) is 13.5. The van der Waals surface area contributed by atoms with Crippen molar-refractivity contribution in [2.24, 2.45) is 4.99 Å². The summed E-state index contributed by atoms with van der Waals surface area (Å²) in [5, 5.41) is 3.48. The topological polar surface area (TPSA) is 67.3 Å². The van der Waals surface area contributed by atoms with Crippen molar-refractivity contribution in [2.45, 2.75) is 32.9 Å². The summed E-state index contributed by atoms with van der Waals surface area (Å²) in [6, 6.07) is 6.72. The molecule has 0 bridgehead atoms. The van der Waals surface area contributed by atoms with Crippen molar-refractivity contribution in [2.75, 3.05) is 5.32 Å². The average molecular weight is 396 g/mol. The molecule has 0 saturated carbocycles. The third-order valence-electron chi connectivity index (χ3n) is 5.04. The second kappa shape index (κ2) is 7.20. The minimum Gasteiger partial charge on any atom is -0.323 e. The second-order valence-electron chi connectivity index (χ2n) is 6.76.